The van der Waals surface area contributed by atoms with Crippen molar-refractivity contribution in [2.24, 2.45) is 0 Å². The highest BCUT2D eigenvalue weighted by molar-refractivity contribution is 9.10. The van der Waals surface area contributed by atoms with Crippen LogP contribution in [0.15, 0.2) is 57.8 Å². The van der Waals surface area contributed by atoms with Gasteiger partial charge in [0.25, 0.3) is 5.56 Å². The normalized spacial score (nSPS) is 10.8. The van der Waals surface area contributed by atoms with Gasteiger partial charge in [-0.3, -0.25) is 4.79 Å². The topological polar surface area (TPSA) is 60.9 Å². The SMILES string of the molecule is Nn1nc(-c2ccc(Br)cc2)c2ccccc2c1=O. The van der Waals surface area contributed by atoms with Gasteiger partial charge in [-0.25, -0.2) is 0 Å². The largest absolute Gasteiger partial charge is 0.320 e. The van der Waals surface area contributed by atoms with Crippen molar-refractivity contribution in [3.8, 4) is 11.3 Å². The number of rotatable bonds is 1. The van der Waals surface area contributed by atoms with Crippen molar-refractivity contribution in [2.45, 2.75) is 0 Å². The van der Waals surface area contributed by atoms with Crippen LogP contribution in [0.4, 0.5) is 0 Å². The Labute approximate surface area is 117 Å². The summed E-state index contributed by atoms with van der Waals surface area (Å²) in [6.45, 7) is 0. The molecule has 0 aliphatic carbocycles. The zero-order chi connectivity index (χ0) is 13.4. The average Bonchev–Trinajstić information content (AvgIpc) is 2.44. The van der Waals surface area contributed by atoms with E-state index in [1.54, 1.807) is 6.07 Å². The Morgan fingerprint density at radius 1 is 1.00 bits per heavy atom. The third kappa shape index (κ3) is 2.02. The van der Waals surface area contributed by atoms with Crippen molar-refractivity contribution in [2.75, 3.05) is 5.84 Å². The molecule has 4 nitrogen and oxygen atoms in total. The highest BCUT2D eigenvalue weighted by atomic mass is 79.9. The maximum Gasteiger partial charge on any atom is 0.293 e. The highest BCUT2D eigenvalue weighted by Gasteiger charge is 2.10. The van der Waals surface area contributed by atoms with Crippen LogP contribution in [0.25, 0.3) is 22.0 Å². The molecule has 0 bridgehead atoms. The van der Waals surface area contributed by atoms with E-state index in [9.17, 15) is 4.79 Å². The van der Waals surface area contributed by atoms with E-state index in [0.717, 1.165) is 20.2 Å². The summed E-state index contributed by atoms with van der Waals surface area (Å²) in [5, 5.41) is 5.54. The van der Waals surface area contributed by atoms with Crippen LogP contribution < -0.4 is 11.4 Å². The minimum atomic E-state index is -0.295. The zero-order valence-electron chi connectivity index (χ0n) is 9.88. The van der Waals surface area contributed by atoms with E-state index in [2.05, 4.69) is 21.0 Å². The molecule has 94 valence electrons. The fourth-order valence-electron chi connectivity index (χ4n) is 2.03. The zero-order valence-corrected chi connectivity index (χ0v) is 11.5. The Hall–Kier alpha value is -2.14. The summed E-state index contributed by atoms with van der Waals surface area (Å²) in [6, 6.07) is 15.1. The lowest BCUT2D eigenvalue weighted by molar-refractivity contribution is 0.781. The first-order chi connectivity index (χ1) is 9.16. The number of benzene rings is 2. The summed E-state index contributed by atoms with van der Waals surface area (Å²) >= 11 is 3.39. The van der Waals surface area contributed by atoms with Gasteiger partial charge < -0.3 is 5.84 Å². The molecule has 0 unspecified atom stereocenters. The number of nitrogen functional groups attached to an aromatic ring is 1. The molecule has 0 radical (unpaired) electrons. The third-order valence-corrected chi connectivity index (χ3v) is 3.47. The van der Waals surface area contributed by atoms with Crippen LogP contribution in [0, 0.1) is 0 Å². The summed E-state index contributed by atoms with van der Waals surface area (Å²) in [5.74, 6) is 5.64. The second kappa shape index (κ2) is 4.51. The van der Waals surface area contributed by atoms with E-state index >= 15 is 0 Å². The fraction of sp³-hybridized carbons (Fsp3) is 0. The molecule has 19 heavy (non-hydrogen) atoms. The van der Waals surface area contributed by atoms with Gasteiger partial charge >= 0.3 is 0 Å². The standard InChI is InChI=1S/C14H10BrN3O/c15-10-7-5-9(6-8-10)13-11-3-1-2-4-12(11)14(19)18(16)17-13/h1-8H,16H2. The van der Waals surface area contributed by atoms with E-state index in [1.807, 2.05) is 42.5 Å². The summed E-state index contributed by atoms with van der Waals surface area (Å²) in [7, 11) is 0. The van der Waals surface area contributed by atoms with Gasteiger partial charge in [0.2, 0.25) is 0 Å². The van der Waals surface area contributed by atoms with Crippen LogP contribution in [0.1, 0.15) is 0 Å². The quantitative estimate of drug-likeness (QED) is 0.702. The second-order valence-electron chi connectivity index (χ2n) is 4.15. The molecule has 0 saturated carbocycles. The number of nitrogens with two attached hydrogens (primary N) is 1. The van der Waals surface area contributed by atoms with Crippen molar-refractivity contribution in [1.82, 2.24) is 9.89 Å². The number of fused-ring (bicyclic) bond motifs is 1. The minimum Gasteiger partial charge on any atom is -0.320 e. The van der Waals surface area contributed by atoms with Crippen LogP contribution in [0.3, 0.4) is 0 Å². The number of hydrogen-bond donors (Lipinski definition) is 1. The molecule has 0 amide bonds. The number of halogens is 1. The average molecular weight is 316 g/mol. The molecule has 0 aliphatic heterocycles. The molecular weight excluding hydrogens is 306 g/mol. The molecule has 0 fully saturated rings. The number of aromatic nitrogens is 2. The lowest BCUT2D eigenvalue weighted by Gasteiger charge is -2.07. The number of nitrogens with zero attached hydrogens (tertiary/aromatic N) is 2. The molecule has 0 aliphatic rings. The lowest BCUT2D eigenvalue weighted by Crippen LogP contribution is -2.30. The summed E-state index contributed by atoms with van der Waals surface area (Å²) in [5.41, 5.74) is 1.32. The Morgan fingerprint density at radius 2 is 1.63 bits per heavy atom. The smallest absolute Gasteiger partial charge is 0.293 e. The third-order valence-electron chi connectivity index (χ3n) is 2.95. The highest BCUT2D eigenvalue weighted by Crippen LogP contribution is 2.25. The molecule has 3 rings (SSSR count). The predicted molar refractivity (Wildman–Crippen MR) is 79.3 cm³/mol. The van der Waals surface area contributed by atoms with E-state index in [1.165, 1.54) is 0 Å². The van der Waals surface area contributed by atoms with Gasteiger partial charge in [-0.05, 0) is 18.2 Å². The van der Waals surface area contributed by atoms with Gasteiger partial charge in [0.05, 0.1) is 5.39 Å². The first-order valence-electron chi connectivity index (χ1n) is 5.70. The Morgan fingerprint density at radius 3 is 2.32 bits per heavy atom. The van der Waals surface area contributed by atoms with Crippen molar-refractivity contribution < 1.29 is 0 Å². The van der Waals surface area contributed by atoms with Gasteiger partial charge in [0, 0.05) is 15.4 Å². The fourth-order valence-corrected chi connectivity index (χ4v) is 2.29. The van der Waals surface area contributed by atoms with Crippen LogP contribution in [0.5, 0.6) is 0 Å². The predicted octanol–water partition coefficient (Wildman–Crippen LogP) is 2.54. The Balaban J connectivity index is 2.38. The second-order valence-corrected chi connectivity index (χ2v) is 5.07. The molecule has 2 N–H and O–H groups in total. The summed E-state index contributed by atoms with van der Waals surface area (Å²) in [4.78, 5) is 12.8. The van der Waals surface area contributed by atoms with Crippen molar-refractivity contribution in [1.29, 1.82) is 0 Å². The van der Waals surface area contributed by atoms with E-state index in [-0.39, 0.29) is 5.56 Å². The maximum absolute atomic E-state index is 11.9. The molecule has 0 atom stereocenters. The molecule has 0 spiro atoms. The van der Waals surface area contributed by atoms with Gasteiger partial charge in [-0.1, -0.05) is 46.3 Å². The van der Waals surface area contributed by atoms with Crippen LogP contribution in [-0.2, 0) is 0 Å². The lowest BCUT2D eigenvalue weighted by atomic mass is 10.1. The first-order valence-corrected chi connectivity index (χ1v) is 6.49. The van der Waals surface area contributed by atoms with E-state index in [4.69, 9.17) is 5.84 Å². The van der Waals surface area contributed by atoms with Gasteiger partial charge in [0.15, 0.2) is 0 Å². The van der Waals surface area contributed by atoms with Crippen LogP contribution in [0.2, 0.25) is 0 Å². The molecule has 1 aromatic heterocycles. The van der Waals surface area contributed by atoms with Crippen molar-refractivity contribution >= 4 is 26.7 Å². The maximum atomic E-state index is 11.9. The van der Waals surface area contributed by atoms with E-state index < -0.39 is 0 Å². The van der Waals surface area contributed by atoms with Gasteiger partial charge in [-0.15, -0.1) is 9.89 Å². The van der Waals surface area contributed by atoms with Gasteiger partial charge in [-0.2, -0.15) is 0 Å². The Kier molecular flexibility index (Phi) is 2.83. The molecule has 5 heteroatoms. The van der Waals surface area contributed by atoms with Gasteiger partial charge in [0.1, 0.15) is 5.69 Å². The van der Waals surface area contributed by atoms with Crippen molar-refractivity contribution in [3.05, 3.63) is 63.4 Å². The molecule has 1 heterocycles. The molecule has 0 saturated heterocycles. The van der Waals surface area contributed by atoms with Crippen molar-refractivity contribution in [3.63, 3.8) is 0 Å². The Bertz CT molecular complexity index is 809. The molecule has 3 aromatic rings. The van der Waals surface area contributed by atoms with Crippen LogP contribution >= 0.6 is 15.9 Å². The molecule has 2 aromatic carbocycles. The minimum absolute atomic E-state index is 0.295. The summed E-state index contributed by atoms with van der Waals surface area (Å²) in [6.07, 6.45) is 0. The monoisotopic (exact) mass is 315 g/mol. The van der Waals surface area contributed by atoms with Crippen LogP contribution in [-0.4, -0.2) is 9.89 Å². The summed E-state index contributed by atoms with van der Waals surface area (Å²) < 4.78 is 0.988. The number of hydrogen-bond acceptors (Lipinski definition) is 3. The molecular formula is C14H10BrN3O. The van der Waals surface area contributed by atoms with E-state index in [0.29, 0.717) is 11.1 Å². The first kappa shape index (κ1) is 11.9.